The first-order chi connectivity index (χ1) is 15.2. The number of piperidine rings is 1. The molecule has 1 aromatic carbocycles. The van der Waals surface area contributed by atoms with E-state index in [0.29, 0.717) is 0 Å². The van der Waals surface area contributed by atoms with E-state index in [4.69, 9.17) is 0 Å². The van der Waals surface area contributed by atoms with Crippen LogP contribution in [0.3, 0.4) is 0 Å². The summed E-state index contributed by atoms with van der Waals surface area (Å²) >= 11 is 0. The van der Waals surface area contributed by atoms with Crippen LogP contribution < -0.4 is 10.2 Å². The Morgan fingerprint density at radius 2 is 1.53 bits per heavy atom. The van der Waals surface area contributed by atoms with E-state index >= 15 is 0 Å². The first-order valence-electron chi connectivity index (χ1n) is 13.1. The molecule has 32 heavy (non-hydrogen) atoms. The summed E-state index contributed by atoms with van der Waals surface area (Å²) in [6.07, 6.45) is 17.9. The molecule has 0 aromatic heterocycles. The van der Waals surface area contributed by atoms with Crippen LogP contribution in [0, 0.1) is 0 Å². The van der Waals surface area contributed by atoms with Crippen LogP contribution in [0.1, 0.15) is 96.8 Å². The summed E-state index contributed by atoms with van der Waals surface area (Å²) in [5, 5.41) is 3.39. The van der Waals surface area contributed by atoms with Gasteiger partial charge in [0.05, 0.1) is 0 Å². The number of nitrogens with one attached hydrogen (secondary N) is 1. The molecule has 2 heterocycles. The van der Waals surface area contributed by atoms with Crippen molar-refractivity contribution in [2.24, 2.45) is 0 Å². The van der Waals surface area contributed by atoms with E-state index in [1.54, 1.807) is 0 Å². The van der Waals surface area contributed by atoms with Crippen molar-refractivity contribution in [1.29, 1.82) is 0 Å². The third-order valence-electron chi connectivity index (χ3n) is 8.07. The van der Waals surface area contributed by atoms with Gasteiger partial charge in [-0.15, -0.1) is 12.4 Å². The van der Waals surface area contributed by atoms with Crippen LogP contribution in [0.4, 0.5) is 5.69 Å². The summed E-state index contributed by atoms with van der Waals surface area (Å²) in [6, 6.07) is 11.4. The number of likely N-dealkylation sites (tertiary alicyclic amines) is 1. The summed E-state index contributed by atoms with van der Waals surface area (Å²) < 4.78 is 0. The van der Waals surface area contributed by atoms with Gasteiger partial charge in [-0.1, -0.05) is 76.5 Å². The van der Waals surface area contributed by atoms with E-state index in [2.05, 4.69) is 52.4 Å². The number of carbonyl (C=O) groups is 1. The molecule has 180 valence electrons. The molecule has 4 nitrogen and oxygen atoms in total. The largest absolute Gasteiger partial charge is 0.336 e. The molecule has 3 aliphatic rings. The molecule has 1 aromatic rings. The Bertz CT molecular complexity index is 679. The molecule has 2 aliphatic heterocycles. The lowest BCUT2D eigenvalue weighted by Gasteiger charge is -2.47. The van der Waals surface area contributed by atoms with Gasteiger partial charge < -0.3 is 15.1 Å². The van der Waals surface area contributed by atoms with Crippen LogP contribution in [-0.4, -0.2) is 41.6 Å². The van der Waals surface area contributed by atoms with Crippen molar-refractivity contribution in [1.82, 2.24) is 10.2 Å². The summed E-state index contributed by atoms with van der Waals surface area (Å²) in [5.41, 5.74) is 0.834. The van der Waals surface area contributed by atoms with Crippen LogP contribution in [0.2, 0.25) is 0 Å². The van der Waals surface area contributed by atoms with Gasteiger partial charge in [0.1, 0.15) is 11.7 Å². The highest BCUT2D eigenvalue weighted by molar-refractivity contribution is 5.94. The fourth-order valence-corrected chi connectivity index (χ4v) is 6.25. The first kappa shape index (κ1) is 25.4. The minimum atomic E-state index is -0.369. The summed E-state index contributed by atoms with van der Waals surface area (Å²) in [6.45, 7) is 4.35. The summed E-state index contributed by atoms with van der Waals surface area (Å²) in [4.78, 5) is 18.6. The van der Waals surface area contributed by atoms with Crippen molar-refractivity contribution >= 4 is 24.0 Å². The Hall–Kier alpha value is -1.26. The number of unbranched alkanes of at least 4 members (excludes halogenated alkanes) is 1. The molecule has 3 fully saturated rings. The number of rotatable bonds is 5. The van der Waals surface area contributed by atoms with Gasteiger partial charge in [-0.3, -0.25) is 4.79 Å². The van der Waals surface area contributed by atoms with Crippen LogP contribution in [0.5, 0.6) is 0 Å². The average molecular weight is 462 g/mol. The van der Waals surface area contributed by atoms with Crippen molar-refractivity contribution < 1.29 is 4.79 Å². The minimum Gasteiger partial charge on any atom is -0.336 e. The standard InChI is InChI=1S/C27H43N3O.ClH/c1-2-3-18-25-28-26(31)27(30(25)24-16-12-9-13-17-24)19-21-29(22-20-27)23-14-10-7-5-4-6-8-11-15-23;/h9,12-13,16-17,23,25H,2-8,10-11,14-15,18-22H2,1H3,(H,28,31);1H. The lowest BCUT2D eigenvalue weighted by Crippen LogP contribution is -2.58. The number of nitrogens with zero attached hydrogens (tertiary/aromatic N) is 2. The Labute approximate surface area is 201 Å². The lowest BCUT2D eigenvalue weighted by atomic mass is 9.84. The second-order valence-electron chi connectivity index (χ2n) is 10.1. The van der Waals surface area contributed by atoms with Crippen LogP contribution in [0.15, 0.2) is 30.3 Å². The Morgan fingerprint density at radius 3 is 2.12 bits per heavy atom. The second kappa shape index (κ2) is 12.3. The first-order valence-corrected chi connectivity index (χ1v) is 13.1. The molecule has 1 aliphatic carbocycles. The van der Waals surface area contributed by atoms with Gasteiger partial charge in [-0.05, 0) is 50.7 Å². The maximum absolute atomic E-state index is 13.4. The van der Waals surface area contributed by atoms with E-state index in [1.807, 2.05) is 0 Å². The van der Waals surface area contributed by atoms with E-state index in [9.17, 15) is 4.79 Å². The Balaban J connectivity index is 0.00000289. The predicted octanol–water partition coefficient (Wildman–Crippen LogP) is 6.29. The van der Waals surface area contributed by atoms with E-state index in [1.165, 1.54) is 63.5 Å². The summed E-state index contributed by atoms with van der Waals surface area (Å²) in [5.74, 6) is 0.267. The van der Waals surface area contributed by atoms with Crippen molar-refractivity contribution in [3.05, 3.63) is 30.3 Å². The van der Waals surface area contributed by atoms with Gasteiger partial charge >= 0.3 is 0 Å². The second-order valence-corrected chi connectivity index (χ2v) is 10.1. The van der Waals surface area contributed by atoms with E-state index in [0.717, 1.165) is 51.2 Å². The highest BCUT2D eigenvalue weighted by Gasteiger charge is 2.54. The zero-order valence-electron chi connectivity index (χ0n) is 20.1. The normalized spacial score (nSPS) is 25.3. The number of carbonyl (C=O) groups excluding carboxylic acids is 1. The van der Waals surface area contributed by atoms with E-state index < -0.39 is 0 Å². The molecule has 1 N–H and O–H groups in total. The third kappa shape index (κ3) is 5.62. The number of benzene rings is 1. The zero-order valence-corrected chi connectivity index (χ0v) is 20.9. The van der Waals surface area contributed by atoms with Crippen LogP contribution in [-0.2, 0) is 4.79 Å². The van der Waals surface area contributed by atoms with Gasteiger partial charge in [0.2, 0.25) is 5.91 Å². The molecule has 1 amide bonds. The van der Waals surface area contributed by atoms with E-state index in [-0.39, 0.29) is 30.0 Å². The zero-order chi connectivity index (χ0) is 21.5. The van der Waals surface area contributed by atoms with Gasteiger partial charge in [-0.25, -0.2) is 0 Å². The van der Waals surface area contributed by atoms with Gasteiger partial charge in [-0.2, -0.15) is 0 Å². The summed E-state index contributed by atoms with van der Waals surface area (Å²) in [7, 11) is 0. The number of anilines is 1. The highest BCUT2D eigenvalue weighted by Crippen LogP contribution is 2.40. The maximum atomic E-state index is 13.4. The van der Waals surface area contributed by atoms with Crippen molar-refractivity contribution in [3.8, 4) is 0 Å². The maximum Gasteiger partial charge on any atom is 0.247 e. The number of hydrogen-bond donors (Lipinski definition) is 1. The Kier molecular flexibility index (Phi) is 9.73. The molecular formula is C27H44ClN3O. The molecule has 1 saturated carbocycles. The fourth-order valence-electron chi connectivity index (χ4n) is 6.25. The topological polar surface area (TPSA) is 35.6 Å². The molecule has 5 heteroatoms. The molecule has 1 spiro atoms. The van der Waals surface area contributed by atoms with Gasteiger partial charge in [0.25, 0.3) is 0 Å². The number of para-hydroxylation sites is 1. The highest BCUT2D eigenvalue weighted by atomic mass is 35.5. The fraction of sp³-hybridized carbons (Fsp3) is 0.741. The third-order valence-corrected chi connectivity index (χ3v) is 8.07. The molecule has 4 rings (SSSR count). The van der Waals surface area contributed by atoms with Gasteiger partial charge in [0.15, 0.2) is 0 Å². The monoisotopic (exact) mass is 461 g/mol. The van der Waals surface area contributed by atoms with Crippen molar-refractivity contribution in [2.45, 2.75) is 115 Å². The number of halogens is 1. The molecule has 1 atom stereocenters. The molecule has 1 unspecified atom stereocenters. The SMILES string of the molecule is CCCCC1NC(=O)C2(CCN(C3CCCCCCCCC3)CC2)N1c1ccccc1.Cl. The number of hydrogen-bond acceptors (Lipinski definition) is 3. The average Bonchev–Trinajstić information content (AvgIpc) is 3.07. The molecule has 2 saturated heterocycles. The predicted molar refractivity (Wildman–Crippen MR) is 137 cm³/mol. The van der Waals surface area contributed by atoms with Gasteiger partial charge in [0, 0.05) is 24.8 Å². The molecule has 0 radical (unpaired) electrons. The lowest BCUT2D eigenvalue weighted by molar-refractivity contribution is -0.125. The van der Waals surface area contributed by atoms with Crippen molar-refractivity contribution in [3.63, 3.8) is 0 Å². The smallest absolute Gasteiger partial charge is 0.247 e. The number of amides is 1. The Morgan fingerprint density at radius 1 is 0.938 bits per heavy atom. The van der Waals surface area contributed by atoms with Crippen molar-refractivity contribution in [2.75, 3.05) is 18.0 Å². The quantitative estimate of drug-likeness (QED) is 0.559. The molecular weight excluding hydrogens is 418 g/mol. The van der Waals surface area contributed by atoms with Crippen LogP contribution in [0.25, 0.3) is 0 Å². The minimum absolute atomic E-state index is 0. The molecule has 0 bridgehead atoms. The van der Waals surface area contributed by atoms with Crippen LogP contribution >= 0.6 is 12.4 Å².